The zero-order chi connectivity index (χ0) is 16.5. The van der Waals surface area contributed by atoms with Crippen molar-refractivity contribution in [3.63, 3.8) is 0 Å². The maximum Gasteiger partial charge on any atom is 0.447 e. The van der Waals surface area contributed by atoms with Crippen molar-refractivity contribution in [3.05, 3.63) is 59.7 Å². The van der Waals surface area contributed by atoms with Gasteiger partial charge >= 0.3 is 6.18 Å². The Bertz CT molecular complexity index is 731. The number of aliphatic hydroxyl groups is 1. The monoisotopic (exact) mass is 322 g/mol. The molecule has 0 aliphatic carbocycles. The molecule has 1 unspecified atom stereocenters. The van der Waals surface area contributed by atoms with Gasteiger partial charge in [-0.15, -0.1) is 0 Å². The molecule has 1 heterocycles. The predicted octanol–water partition coefficient (Wildman–Crippen LogP) is 4.37. The number of alkyl halides is 3. The Morgan fingerprint density at radius 2 is 1.87 bits per heavy atom. The van der Waals surface area contributed by atoms with E-state index in [9.17, 15) is 18.3 Å². The van der Waals surface area contributed by atoms with Gasteiger partial charge in [-0.1, -0.05) is 48.5 Å². The third-order valence-corrected chi connectivity index (χ3v) is 4.17. The first kappa shape index (κ1) is 16.0. The minimum absolute atomic E-state index is 0.0956. The Labute approximate surface area is 132 Å². The molecule has 0 aromatic heterocycles. The average Bonchev–Trinajstić information content (AvgIpc) is 2.53. The zero-order valence-corrected chi connectivity index (χ0v) is 12.4. The van der Waals surface area contributed by atoms with Crippen molar-refractivity contribution in [1.82, 2.24) is 0 Å². The van der Waals surface area contributed by atoms with E-state index in [0.717, 1.165) is 16.3 Å². The molecule has 0 amide bonds. The molecule has 0 spiro atoms. The van der Waals surface area contributed by atoms with Crippen LogP contribution in [0.1, 0.15) is 18.4 Å². The van der Waals surface area contributed by atoms with E-state index in [1.807, 2.05) is 42.5 Å². The molecule has 0 saturated carbocycles. The smallest absolute Gasteiger partial charge is 0.355 e. The zero-order valence-electron chi connectivity index (χ0n) is 12.4. The van der Waals surface area contributed by atoms with Crippen LogP contribution in [0.4, 0.5) is 13.2 Å². The highest BCUT2D eigenvalue weighted by Gasteiger charge is 2.58. The van der Waals surface area contributed by atoms with Gasteiger partial charge in [-0.05, 0) is 41.2 Å². The van der Waals surface area contributed by atoms with Crippen LogP contribution in [0, 0.1) is 0 Å². The van der Waals surface area contributed by atoms with E-state index in [4.69, 9.17) is 0 Å². The molecule has 1 atom stereocenters. The van der Waals surface area contributed by atoms with Gasteiger partial charge in [0.15, 0.2) is 0 Å². The summed E-state index contributed by atoms with van der Waals surface area (Å²) in [7, 11) is 0. The number of fused-ring (bicyclic) bond motifs is 1. The molecule has 2 aromatic carbocycles. The van der Waals surface area contributed by atoms with E-state index in [2.05, 4.69) is 4.74 Å². The fourth-order valence-electron chi connectivity index (χ4n) is 2.95. The molecule has 5 heteroatoms. The molecule has 3 rings (SSSR count). The number of hydrogen-bond donors (Lipinski definition) is 1. The standard InChI is InChI=1S/C18H17F3O2/c19-18(20,21)17(22)15(8-4-12-23-17)11-10-14-7-3-6-13-5-1-2-9-16(13)14/h1-3,5-7,9,11,22H,4,8,10,12H2/b15-11+. The summed E-state index contributed by atoms with van der Waals surface area (Å²) in [6, 6.07) is 13.4. The minimum atomic E-state index is -4.84. The summed E-state index contributed by atoms with van der Waals surface area (Å²) < 4.78 is 44.1. The highest BCUT2D eigenvalue weighted by molar-refractivity contribution is 5.85. The van der Waals surface area contributed by atoms with Gasteiger partial charge in [0.25, 0.3) is 5.79 Å². The highest BCUT2D eigenvalue weighted by atomic mass is 19.4. The maximum absolute atomic E-state index is 13.1. The largest absolute Gasteiger partial charge is 0.447 e. The van der Waals surface area contributed by atoms with Gasteiger partial charge < -0.3 is 9.84 Å². The summed E-state index contributed by atoms with van der Waals surface area (Å²) in [4.78, 5) is 0. The Morgan fingerprint density at radius 1 is 1.13 bits per heavy atom. The summed E-state index contributed by atoms with van der Waals surface area (Å²) in [5.74, 6) is -3.16. The number of allylic oxidation sites excluding steroid dienone is 1. The second kappa shape index (κ2) is 5.98. The molecule has 1 aliphatic heterocycles. The quantitative estimate of drug-likeness (QED) is 0.832. The Morgan fingerprint density at radius 3 is 2.65 bits per heavy atom. The van der Waals surface area contributed by atoms with E-state index in [1.54, 1.807) is 0 Å². The molecule has 1 aliphatic rings. The topological polar surface area (TPSA) is 29.5 Å². The average molecular weight is 322 g/mol. The summed E-state index contributed by atoms with van der Waals surface area (Å²) in [5.41, 5.74) is 0.815. The highest BCUT2D eigenvalue weighted by Crippen LogP contribution is 2.41. The van der Waals surface area contributed by atoms with Crippen molar-refractivity contribution in [2.45, 2.75) is 31.2 Å². The van der Waals surface area contributed by atoms with Gasteiger partial charge in [-0.2, -0.15) is 13.2 Å². The van der Waals surface area contributed by atoms with Crippen molar-refractivity contribution in [1.29, 1.82) is 0 Å². The second-order valence-corrected chi connectivity index (χ2v) is 5.67. The summed E-state index contributed by atoms with van der Waals surface area (Å²) >= 11 is 0. The molecular weight excluding hydrogens is 305 g/mol. The lowest BCUT2D eigenvalue weighted by Crippen LogP contribution is -2.51. The van der Waals surface area contributed by atoms with E-state index in [1.165, 1.54) is 6.08 Å². The van der Waals surface area contributed by atoms with Crippen molar-refractivity contribution in [3.8, 4) is 0 Å². The number of halogens is 3. The van der Waals surface area contributed by atoms with E-state index < -0.39 is 12.0 Å². The normalized spacial score (nSPS) is 24.3. The van der Waals surface area contributed by atoms with Crippen molar-refractivity contribution in [2.75, 3.05) is 6.61 Å². The van der Waals surface area contributed by atoms with Crippen molar-refractivity contribution < 1.29 is 23.0 Å². The lowest BCUT2D eigenvalue weighted by Gasteiger charge is -2.36. The number of benzene rings is 2. The van der Waals surface area contributed by atoms with Crippen LogP contribution in [-0.2, 0) is 11.2 Å². The van der Waals surface area contributed by atoms with Crippen LogP contribution in [0.2, 0.25) is 0 Å². The van der Waals surface area contributed by atoms with Crippen LogP contribution < -0.4 is 0 Å². The van der Waals surface area contributed by atoms with Crippen molar-refractivity contribution in [2.24, 2.45) is 0 Å². The molecular formula is C18H17F3O2. The molecule has 2 aromatic rings. The van der Waals surface area contributed by atoms with Crippen LogP contribution in [-0.4, -0.2) is 23.7 Å². The van der Waals surface area contributed by atoms with Gasteiger partial charge in [-0.25, -0.2) is 0 Å². The number of rotatable bonds is 2. The SMILES string of the molecule is OC1(C(F)(F)F)OCCC/C1=C\Cc1cccc2ccccc12. The maximum atomic E-state index is 13.1. The molecule has 2 nitrogen and oxygen atoms in total. The van der Waals surface area contributed by atoms with Gasteiger partial charge in [0, 0.05) is 0 Å². The van der Waals surface area contributed by atoms with Crippen LogP contribution in [0.5, 0.6) is 0 Å². The summed E-state index contributed by atoms with van der Waals surface area (Å²) in [5, 5.41) is 12.0. The minimum Gasteiger partial charge on any atom is -0.355 e. The fourth-order valence-corrected chi connectivity index (χ4v) is 2.95. The Hall–Kier alpha value is -1.85. The molecule has 23 heavy (non-hydrogen) atoms. The Kier molecular flexibility index (Phi) is 4.17. The third-order valence-electron chi connectivity index (χ3n) is 4.17. The molecule has 1 N–H and O–H groups in total. The Balaban J connectivity index is 1.94. The predicted molar refractivity (Wildman–Crippen MR) is 81.9 cm³/mol. The van der Waals surface area contributed by atoms with Gasteiger partial charge in [0.2, 0.25) is 0 Å². The van der Waals surface area contributed by atoms with Crippen LogP contribution in [0.15, 0.2) is 54.1 Å². The number of ether oxygens (including phenoxy) is 1. The molecule has 0 bridgehead atoms. The number of hydrogen-bond acceptors (Lipinski definition) is 2. The first-order valence-electron chi connectivity index (χ1n) is 7.51. The van der Waals surface area contributed by atoms with Gasteiger partial charge in [-0.3, -0.25) is 0 Å². The first-order valence-corrected chi connectivity index (χ1v) is 7.51. The van der Waals surface area contributed by atoms with Crippen molar-refractivity contribution >= 4 is 10.8 Å². The van der Waals surface area contributed by atoms with E-state index in [0.29, 0.717) is 12.8 Å². The summed E-state index contributed by atoms with van der Waals surface area (Å²) in [6.45, 7) is -0.0956. The van der Waals surface area contributed by atoms with E-state index >= 15 is 0 Å². The molecule has 1 saturated heterocycles. The van der Waals surface area contributed by atoms with Crippen LogP contribution in [0.25, 0.3) is 10.8 Å². The fraction of sp³-hybridized carbons (Fsp3) is 0.333. The third kappa shape index (κ3) is 2.99. The lowest BCUT2D eigenvalue weighted by atomic mass is 9.94. The van der Waals surface area contributed by atoms with Crippen LogP contribution >= 0.6 is 0 Å². The van der Waals surface area contributed by atoms with E-state index in [-0.39, 0.29) is 18.6 Å². The van der Waals surface area contributed by atoms with Gasteiger partial charge in [0.1, 0.15) is 0 Å². The molecule has 0 radical (unpaired) electrons. The first-order chi connectivity index (χ1) is 10.9. The molecule has 122 valence electrons. The second-order valence-electron chi connectivity index (χ2n) is 5.67. The molecule has 1 fully saturated rings. The lowest BCUT2D eigenvalue weighted by molar-refractivity contribution is -0.353. The van der Waals surface area contributed by atoms with Gasteiger partial charge in [0.05, 0.1) is 6.61 Å². The van der Waals surface area contributed by atoms with Crippen LogP contribution in [0.3, 0.4) is 0 Å². The summed E-state index contributed by atoms with van der Waals surface area (Å²) in [6.07, 6.45) is -2.41.